The fraction of sp³-hybridized carbons (Fsp3) is 0.542. The van der Waals surface area contributed by atoms with E-state index >= 15 is 4.39 Å². The van der Waals surface area contributed by atoms with Crippen molar-refractivity contribution >= 4 is 24.5 Å². The zero-order valence-corrected chi connectivity index (χ0v) is 21.1. The molecule has 3 rings (SSSR count). The van der Waals surface area contributed by atoms with Crippen molar-refractivity contribution in [2.45, 2.75) is 84.2 Å². The molecule has 1 aromatic carbocycles. The van der Waals surface area contributed by atoms with Gasteiger partial charge in [0.05, 0.1) is 23.0 Å². The molecule has 1 amide bonds. The molecule has 0 radical (unpaired) electrons. The Labute approximate surface area is 203 Å². The first-order valence-corrected chi connectivity index (χ1v) is 11.4. The highest BCUT2D eigenvalue weighted by Crippen LogP contribution is 2.36. The highest BCUT2D eigenvalue weighted by Gasteiger charge is 2.51. The Morgan fingerprint density at radius 3 is 2.29 bits per heavy atom. The maximum atomic E-state index is 15.1. The molecular weight excluding hydrogens is 458 g/mol. The predicted octanol–water partition coefficient (Wildman–Crippen LogP) is 2.69. The maximum absolute atomic E-state index is 15.1. The van der Waals surface area contributed by atoms with Gasteiger partial charge >= 0.3 is 18.8 Å². The molecule has 0 bridgehead atoms. The highest BCUT2D eigenvalue weighted by atomic mass is 19.1. The second kappa shape index (κ2) is 9.27. The van der Waals surface area contributed by atoms with Crippen molar-refractivity contribution in [1.29, 1.82) is 0 Å². The molecule has 1 saturated heterocycles. The van der Waals surface area contributed by atoms with E-state index in [0.717, 1.165) is 4.57 Å². The second-order valence-electron chi connectivity index (χ2n) is 10.6. The summed E-state index contributed by atoms with van der Waals surface area (Å²) in [5.41, 5.74) is 4.09. The van der Waals surface area contributed by atoms with Crippen molar-refractivity contribution in [2.75, 3.05) is 0 Å². The van der Waals surface area contributed by atoms with Gasteiger partial charge < -0.3 is 24.2 Å². The van der Waals surface area contributed by atoms with Crippen LogP contribution in [0.3, 0.4) is 0 Å². The van der Waals surface area contributed by atoms with E-state index in [1.165, 1.54) is 18.3 Å². The molecule has 0 spiro atoms. The Balaban J connectivity index is 1.82. The lowest BCUT2D eigenvalue weighted by atomic mass is 9.78. The number of hydrogen-bond donors (Lipinski definition) is 1. The van der Waals surface area contributed by atoms with Crippen molar-refractivity contribution in [3.63, 3.8) is 0 Å². The number of oxazole rings is 1. The Morgan fingerprint density at radius 1 is 1.17 bits per heavy atom. The van der Waals surface area contributed by atoms with E-state index in [0.29, 0.717) is 5.46 Å². The van der Waals surface area contributed by atoms with E-state index in [2.05, 4.69) is 0 Å². The van der Waals surface area contributed by atoms with Gasteiger partial charge in [-0.25, -0.2) is 9.18 Å². The average Bonchev–Trinajstić information content (AvgIpc) is 3.16. The van der Waals surface area contributed by atoms with Crippen molar-refractivity contribution in [1.82, 2.24) is 4.57 Å². The number of primary amides is 1. The van der Waals surface area contributed by atoms with E-state index in [1.54, 1.807) is 26.8 Å². The van der Waals surface area contributed by atoms with E-state index in [9.17, 15) is 14.4 Å². The summed E-state index contributed by atoms with van der Waals surface area (Å²) in [5, 5.41) is 0. The Bertz CT molecular complexity index is 1160. The summed E-state index contributed by atoms with van der Waals surface area (Å²) in [4.78, 5) is 36.5. The zero-order chi connectivity index (χ0) is 26.3. The van der Waals surface area contributed by atoms with E-state index in [4.69, 9.17) is 24.2 Å². The smallest absolute Gasteiger partial charge is 0.460 e. The third-order valence-corrected chi connectivity index (χ3v) is 6.15. The van der Waals surface area contributed by atoms with Gasteiger partial charge in [0.15, 0.2) is 5.76 Å². The van der Waals surface area contributed by atoms with Gasteiger partial charge in [-0.15, -0.1) is 0 Å². The number of hydrogen-bond acceptors (Lipinski definition) is 7. The third kappa shape index (κ3) is 5.84. The van der Waals surface area contributed by atoms with Crippen LogP contribution < -0.4 is 17.0 Å². The molecule has 2 N–H and O–H groups in total. The van der Waals surface area contributed by atoms with Crippen molar-refractivity contribution in [3.05, 3.63) is 40.8 Å². The number of halogens is 1. The number of aromatic nitrogens is 1. The molecule has 2 heterocycles. The molecule has 9 nitrogen and oxygen atoms in total. The largest absolute Gasteiger partial charge is 0.494 e. The van der Waals surface area contributed by atoms with E-state index in [-0.39, 0.29) is 24.2 Å². The third-order valence-electron chi connectivity index (χ3n) is 6.15. The minimum Gasteiger partial charge on any atom is -0.460 e. The topological polar surface area (TPSA) is 123 Å². The van der Waals surface area contributed by atoms with Crippen LogP contribution in [0.25, 0.3) is 11.3 Å². The standard InChI is InChI=1S/C24H32BFN2O7/c1-22(2,3)33-19(29)11-10-17(20(27)30)28-13-18(32-21(28)31)15-9-8-14(12-16(15)26)25-34-23(4,5)24(6,7)35-25/h8-9,12-13,17H,10-11H2,1-7H3,(H2,27,30). The SMILES string of the molecule is CC(C)(C)OC(=O)CCC(C(N)=O)n1cc(-c2ccc(B3OC(C)(C)C(C)(C)O3)cc2F)oc1=O. The number of carbonyl (C=O) groups excluding carboxylic acids is 2. The van der Waals surface area contributed by atoms with Crippen molar-refractivity contribution < 1.29 is 32.4 Å². The van der Waals surface area contributed by atoms with Crippen LogP contribution in [-0.4, -0.2) is 40.4 Å². The molecule has 190 valence electrons. The summed E-state index contributed by atoms with van der Waals surface area (Å²) in [5.74, 6) is -3.02. The highest BCUT2D eigenvalue weighted by molar-refractivity contribution is 6.62. The van der Waals surface area contributed by atoms with Gasteiger partial charge in [-0.3, -0.25) is 14.2 Å². The molecule has 1 aliphatic rings. The summed E-state index contributed by atoms with van der Waals surface area (Å²) in [6.07, 6.45) is 0.987. The predicted molar refractivity (Wildman–Crippen MR) is 127 cm³/mol. The molecule has 1 aliphatic heterocycles. The Kier molecular flexibility index (Phi) is 7.07. The van der Waals surface area contributed by atoms with Crippen LogP contribution in [0, 0.1) is 5.82 Å². The summed E-state index contributed by atoms with van der Waals surface area (Å²) in [7, 11) is -0.757. The van der Waals surface area contributed by atoms with Crippen LogP contribution >= 0.6 is 0 Å². The molecule has 1 aromatic heterocycles. The zero-order valence-electron chi connectivity index (χ0n) is 21.1. The Morgan fingerprint density at radius 2 is 1.77 bits per heavy atom. The van der Waals surface area contributed by atoms with E-state index < -0.39 is 53.4 Å². The summed E-state index contributed by atoms with van der Waals surface area (Å²) in [6, 6.07) is 3.15. The van der Waals surface area contributed by atoms with Gasteiger partial charge in [0, 0.05) is 6.42 Å². The fourth-order valence-corrected chi connectivity index (χ4v) is 3.62. The molecule has 0 saturated carbocycles. The number of carbonyl (C=O) groups is 2. The molecule has 2 aromatic rings. The summed E-state index contributed by atoms with van der Waals surface area (Å²) < 4.78 is 38.4. The molecule has 35 heavy (non-hydrogen) atoms. The minimum atomic E-state index is -1.17. The first kappa shape index (κ1) is 26.7. The maximum Gasteiger partial charge on any atom is 0.494 e. The quantitative estimate of drug-likeness (QED) is 0.468. The molecule has 1 unspecified atom stereocenters. The number of amides is 1. The number of rotatable bonds is 7. The number of nitrogens with zero attached hydrogens (tertiary/aromatic N) is 1. The second-order valence-corrected chi connectivity index (χ2v) is 10.6. The molecule has 1 fully saturated rings. The molecule has 11 heteroatoms. The lowest BCUT2D eigenvalue weighted by Gasteiger charge is -2.32. The van der Waals surface area contributed by atoms with Crippen molar-refractivity contribution in [3.8, 4) is 11.3 Å². The number of nitrogens with two attached hydrogens (primary N) is 1. The minimum absolute atomic E-state index is 0.0106. The first-order chi connectivity index (χ1) is 16.0. The molecule has 0 aliphatic carbocycles. The number of benzene rings is 1. The first-order valence-electron chi connectivity index (χ1n) is 11.4. The van der Waals surface area contributed by atoms with Gasteiger partial charge in [-0.05, 0) is 72.5 Å². The van der Waals surface area contributed by atoms with Gasteiger partial charge in [0.2, 0.25) is 5.91 Å². The lowest BCUT2D eigenvalue weighted by Crippen LogP contribution is -2.41. The number of esters is 1. The summed E-state index contributed by atoms with van der Waals surface area (Å²) in [6.45, 7) is 12.7. The van der Waals surface area contributed by atoms with Gasteiger partial charge in [-0.2, -0.15) is 0 Å². The van der Waals surface area contributed by atoms with Crippen LogP contribution in [0.2, 0.25) is 0 Å². The van der Waals surface area contributed by atoms with E-state index in [1.807, 2.05) is 27.7 Å². The average molecular weight is 490 g/mol. The normalized spacial score (nSPS) is 17.9. The number of ether oxygens (including phenoxy) is 1. The molecular formula is C24H32BFN2O7. The Hall–Kier alpha value is -2.92. The summed E-state index contributed by atoms with van der Waals surface area (Å²) >= 11 is 0. The molecule has 1 atom stereocenters. The van der Waals surface area contributed by atoms with Crippen LogP contribution in [0.15, 0.2) is 33.6 Å². The lowest BCUT2D eigenvalue weighted by molar-refractivity contribution is -0.155. The monoisotopic (exact) mass is 490 g/mol. The van der Waals surface area contributed by atoms with Crippen molar-refractivity contribution in [2.24, 2.45) is 5.73 Å². The van der Waals surface area contributed by atoms with Gasteiger partial charge in [0.1, 0.15) is 17.5 Å². The van der Waals surface area contributed by atoms with Crippen LogP contribution in [-0.2, 0) is 23.6 Å². The van der Waals surface area contributed by atoms with Gasteiger partial charge in [0.25, 0.3) is 0 Å². The van der Waals surface area contributed by atoms with Crippen LogP contribution in [0.4, 0.5) is 4.39 Å². The van der Waals surface area contributed by atoms with Crippen LogP contribution in [0.1, 0.15) is 67.3 Å². The fourth-order valence-electron chi connectivity index (χ4n) is 3.62. The van der Waals surface area contributed by atoms with Gasteiger partial charge in [-0.1, -0.05) is 6.07 Å². The van der Waals surface area contributed by atoms with Crippen LogP contribution in [0.5, 0.6) is 0 Å².